The SMILES string of the molecule is CCc1ccc(-n2c(C(C)Cl)nc3ccc(F)cc32)cc1. The van der Waals surface area contributed by atoms with Crippen molar-refractivity contribution in [3.05, 3.63) is 59.7 Å². The van der Waals surface area contributed by atoms with Crippen LogP contribution in [0.15, 0.2) is 42.5 Å². The van der Waals surface area contributed by atoms with Crippen molar-refractivity contribution in [1.29, 1.82) is 0 Å². The van der Waals surface area contributed by atoms with E-state index in [0.717, 1.165) is 29.0 Å². The normalized spacial score (nSPS) is 12.8. The van der Waals surface area contributed by atoms with E-state index in [2.05, 4.69) is 24.0 Å². The lowest BCUT2D eigenvalue weighted by molar-refractivity contribution is 0.629. The van der Waals surface area contributed by atoms with Crippen molar-refractivity contribution in [2.45, 2.75) is 25.6 Å². The summed E-state index contributed by atoms with van der Waals surface area (Å²) in [6.45, 7) is 3.99. The van der Waals surface area contributed by atoms with Crippen LogP contribution in [0, 0.1) is 5.82 Å². The first kappa shape index (κ1) is 14.1. The lowest BCUT2D eigenvalue weighted by Crippen LogP contribution is -2.02. The number of hydrogen-bond acceptors (Lipinski definition) is 1. The van der Waals surface area contributed by atoms with Crippen LogP contribution in [0.2, 0.25) is 0 Å². The molecule has 1 atom stereocenters. The molecule has 2 nitrogen and oxygen atoms in total. The molecule has 0 saturated heterocycles. The van der Waals surface area contributed by atoms with Crippen LogP contribution in [0.1, 0.15) is 30.6 Å². The summed E-state index contributed by atoms with van der Waals surface area (Å²) in [5, 5.41) is -0.258. The molecule has 0 aliphatic carbocycles. The molecule has 1 aromatic heterocycles. The molecule has 4 heteroatoms. The molecule has 21 heavy (non-hydrogen) atoms. The zero-order valence-electron chi connectivity index (χ0n) is 12.0. The summed E-state index contributed by atoms with van der Waals surface area (Å²) in [5.74, 6) is 0.448. The molecule has 0 amide bonds. The highest BCUT2D eigenvalue weighted by molar-refractivity contribution is 6.20. The van der Waals surface area contributed by atoms with Gasteiger partial charge in [-0.3, -0.25) is 4.57 Å². The van der Waals surface area contributed by atoms with Gasteiger partial charge < -0.3 is 0 Å². The fraction of sp³-hybridized carbons (Fsp3) is 0.235. The minimum absolute atomic E-state index is 0.258. The molecule has 108 valence electrons. The third kappa shape index (κ3) is 2.54. The van der Waals surface area contributed by atoms with Gasteiger partial charge in [-0.2, -0.15) is 0 Å². The first-order chi connectivity index (χ1) is 10.1. The predicted octanol–water partition coefficient (Wildman–Crippen LogP) is 5.03. The molecule has 1 unspecified atom stereocenters. The van der Waals surface area contributed by atoms with Crippen molar-refractivity contribution in [2.24, 2.45) is 0 Å². The van der Waals surface area contributed by atoms with Gasteiger partial charge in [0.15, 0.2) is 0 Å². The molecule has 0 spiro atoms. The second-order valence-corrected chi connectivity index (χ2v) is 5.73. The van der Waals surface area contributed by atoms with E-state index in [1.165, 1.54) is 17.7 Å². The fourth-order valence-electron chi connectivity index (χ4n) is 2.49. The molecule has 2 aromatic carbocycles. The van der Waals surface area contributed by atoms with Gasteiger partial charge in [0.1, 0.15) is 11.6 Å². The molecule has 3 rings (SSSR count). The van der Waals surface area contributed by atoms with Gasteiger partial charge in [0.25, 0.3) is 0 Å². The van der Waals surface area contributed by atoms with Crippen LogP contribution in [-0.4, -0.2) is 9.55 Å². The highest BCUT2D eigenvalue weighted by Crippen LogP contribution is 2.28. The first-order valence-electron chi connectivity index (χ1n) is 7.01. The van der Waals surface area contributed by atoms with Gasteiger partial charge in [-0.05, 0) is 43.2 Å². The topological polar surface area (TPSA) is 17.8 Å². The molecule has 3 aromatic rings. The van der Waals surface area contributed by atoms with Crippen LogP contribution in [-0.2, 0) is 6.42 Å². The Morgan fingerprint density at radius 3 is 2.52 bits per heavy atom. The van der Waals surface area contributed by atoms with Crippen LogP contribution < -0.4 is 0 Å². The second-order valence-electron chi connectivity index (χ2n) is 5.07. The summed E-state index contributed by atoms with van der Waals surface area (Å²) in [5.41, 5.74) is 3.69. The first-order valence-corrected chi connectivity index (χ1v) is 7.45. The van der Waals surface area contributed by atoms with E-state index >= 15 is 0 Å². The maximum atomic E-state index is 13.6. The van der Waals surface area contributed by atoms with Crippen LogP contribution in [0.25, 0.3) is 16.7 Å². The molecule has 1 heterocycles. The van der Waals surface area contributed by atoms with Crippen LogP contribution >= 0.6 is 11.6 Å². The number of hydrogen-bond donors (Lipinski definition) is 0. The smallest absolute Gasteiger partial charge is 0.132 e. The zero-order valence-corrected chi connectivity index (χ0v) is 12.7. The highest BCUT2D eigenvalue weighted by Gasteiger charge is 2.16. The van der Waals surface area contributed by atoms with E-state index in [1.807, 2.05) is 23.6 Å². The Morgan fingerprint density at radius 2 is 1.90 bits per heavy atom. The van der Waals surface area contributed by atoms with Crippen LogP contribution in [0.5, 0.6) is 0 Å². The average molecular weight is 303 g/mol. The van der Waals surface area contributed by atoms with E-state index in [9.17, 15) is 4.39 Å². The lowest BCUT2D eigenvalue weighted by Gasteiger charge is -2.11. The Kier molecular flexibility index (Phi) is 3.68. The van der Waals surface area contributed by atoms with Gasteiger partial charge in [0.05, 0.1) is 16.4 Å². The van der Waals surface area contributed by atoms with E-state index in [-0.39, 0.29) is 11.2 Å². The number of imidazole rings is 1. The number of aromatic nitrogens is 2. The summed E-state index contributed by atoms with van der Waals surface area (Å²) in [7, 11) is 0. The average Bonchev–Trinajstić information content (AvgIpc) is 2.86. The third-order valence-electron chi connectivity index (χ3n) is 3.60. The number of nitrogens with zero attached hydrogens (tertiary/aromatic N) is 2. The van der Waals surface area contributed by atoms with E-state index in [0.29, 0.717) is 0 Å². The van der Waals surface area contributed by atoms with Crippen LogP contribution in [0.4, 0.5) is 4.39 Å². The number of alkyl halides is 1. The van der Waals surface area contributed by atoms with Gasteiger partial charge in [-0.1, -0.05) is 19.1 Å². The molecule has 0 N–H and O–H groups in total. The minimum atomic E-state index is -0.275. The van der Waals surface area contributed by atoms with Crippen LogP contribution in [0.3, 0.4) is 0 Å². The molecule has 0 bridgehead atoms. The lowest BCUT2D eigenvalue weighted by atomic mass is 10.1. The fourth-order valence-corrected chi connectivity index (χ4v) is 2.63. The zero-order chi connectivity index (χ0) is 15.0. The molecule has 0 radical (unpaired) electrons. The van der Waals surface area contributed by atoms with Crippen molar-refractivity contribution in [1.82, 2.24) is 9.55 Å². The van der Waals surface area contributed by atoms with Gasteiger partial charge in [0.2, 0.25) is 0 Å². The number of benzene rings is 2. The molecule has 0 saturated carbocycles. The van der Waals surface area contributed by atoms with Gasteiger partial charge >= 0.3 is 0 Å². The maximum Gasteiger partial charge on any atom is 0.132 e. The summed E-state index contributed by atoms with van der Waals surface area (Å²) >= 11 is 6.25. The Labute approximate surface area is 128 Å². The minimum Gasteiger partial charge on any atom is -0.295 e. The van der Waals surface area contributed by atoms with Gasteiger partial charge in [-0.25, -0.2) is 9.37 Å². The quantitative estimate of drug-likeness (QED) is 0.621. The van der Waals surface area contributed by atoms with E-state index < -0.39 is 0 Å². The molecular weight excluding hydrogens is 287 g/mol. The number of halogens is 2. The number of fused-ring (bicyclic) bond motifs is 1. The molecule has 0 aliphatic heterocycles. The van der Waals surface area contributed by atoms with Crippen molar-refractivity contribution in [2.75, 3.05) is 0 Å². The maximum absolute atomic E-state index is 13.6. The Bertz CT molecular complexity index is 775. The monoisotopic (exact) mass is 302 g/mol. The second kappa shape index (κ2) is 5.49. The van der Waals surface area contributed by atoms with Crippen molar-refractivity contribution in [3.63, 3.8) is 0 Å². The van der Waals surface area contributed by atoms with Crippen molar-refractivity contribution >= 4 is 22.6 Å². The Hall–Kier alpha value is -1.87. The largest absolute Gasteiger partial charge is 0.295 e. The Balaban J connectivity index is 2.26. The summed E-state index contributed by atoms with van der Waals surface area (Å²) < 4.78 is 15.5. The van der Waals surface area contributed by atoms with Crippen molar-refractivity contribution in [3.8, 4) is 5.69 Å². The standard InChI is InChI=1S/C17H16ClFN2/c1-3-12-4-7-14(8-5-12)21-16-10-13(19)6-9-15(16)20-17(21)11(2)18/h4-11H,3H2,1-2H3. The van der Waals surface area contributed by atoms with Crippen molar-refractivity contribution < 1.29 is 4.39 Å². The third-order valence-corrected chi connectivity index (χ3v) is 3.80. The number of rotatable bonds is 3. The van der Waals surface area contributed by atoms with Gasteiger partial charge in [0, 0.05) is 11.8 Å². The molecule has 0 aliphatic rings. The van der Waals surface area contributed by atoms with Gasteiger partial charge in [-0.15, -0.1) is 11.6 Å². The summed E-state index contributed by atoms with van der Waals surface area (Å²) in [6, 6.07) is 12.8. The number of aryl methyl sites for hydroxylation is 1. The highest BCUT2D eigenvalue weighted by atomic mass is 35.5. The summed E-state index contributed by atoms with van der Waals surface area (Å²) in [4.78, 5) is 4.54. The molecule has 0 fully saturated rings. The Morgan fingerprint density at radius 1 is 1.19 bits per heavy atom. The molecular formula is C17H16ClFN2. The van der Waals surface area contributed by atoms with E-state index in [1.54, 1.807) is 6.07 Å². The van der Waals surface area contributed by atoms with E-state index in [4.69, 9.17) is 11.6 Å². The predicted molar refractivity (Wildman–Crippen MR) is 84.7 cm³/mol. The summed E-state index contributed by atoms with van der Waals surface area (Å²) in [6.07, 6.45) is 0.984.